The van der Waals surface area contributed by atoms with Gasteiger partial charge in [-0.25, -0.2) is 4.98 Å². The SMILES string of the molecule is CC1(/C(=C\c2nc3ccc(C4(C=O)CCOC4)cc3[nH]2)c2ccccc2Cl)CC1. The maximum absolute atomic E-state index is 11.8. The third-order valence-corrected chi connectivity index (χ3v) is 6.78. The minimum atomic E-state index is -0.542. The van der Waals surface area contributed by atoms with Crippen molar-refractivity contribution in [1.29, 1.82) is 0 Å². The molecule has 1 saturated carbocycles. The van der Waals surface area contributed by atoms with Crippen LogP contribution in [0.1, 0.15) is 43.1 Å². The summed E-state index contributed by atoms with van der Waals surface area (Å²) in [6.07, 6.45) is 6.17. The van der Waals surface area contributed by atoms with Crippen LogP contribution in [0.3, 0.4) is 0 Å². The minimum absolute atomic E-state index is 0.137. The number of hydrogen-bond donors (Lipinski definition) is 1. The zero-order chi connectivity index (χ0) is 20.1. The highest BCUT2D eigenvalue weighted by atomic mass is 35.5. The number of nitrogens with zero attached hydrogens (tertiary/aromatic N) is 1. The fourth-order valence-electron chi connectivity index (χ4n) is 4.23. The lowest BCUT2D eigenvalue weighted by atomic mass is 9.81. The zero-order valence-electron chi connectivity index (χ0n) is 16.4. The van der Waals surface area contributed by atoms with Crippen LogP contribution < -0.4 is 0 Å². The van der Waals surface area contributed by atoms with E-state index in [1.54, 1.807) is 0 Å². The number of carbonyl (C=O) groups excluding carboxylic acids is 1. The summed E-state index contributed by atoms with van der Waals surface area (Å²) in [5, 5.41) is 0.763. The number of benzene rings is 2. The topological polar surface area (TPSA) is 55.0 Å². The Balaban J connectivity index is 1.58. The van der Waals surface area contributed by atoms with Gasteiger partial charge in [-0.15, -0.1) is 0 Å². The number of rotatable bonds is 5. The van der Waals surface area contributed by atoms with Crippen LogP contribution in [0.5, 0.6) is 0 Å². The molecule has 0 bridgehead atoms. The first-order valence-electron chi connectivity index (χ1n) is 10.0. The monoisotopic (exact) mass is 406 g/mol. The van der Waals surface area contributed by atoms with Gasteiger partial charge in [0.1, 0.15) is 12.1 Å². The molecule has 5 heteroatoms. The summed E-state index contributed by atoms with van der Waals surface area (Å²) in [6, 6.07) is 14.0. The fourth-order valence-corrected chi connectivity index (χ4v) is 4.46. The number of imidazole rings is 1. The molecule has 1 N–H and O–H groups in total. The van der Waals surface area contributed by atoms with Crippen molar-refractivity contribution in [3.63, 3.8) is 0 Å². The average Bonchev–Trinajstić information content (AvgIpc) is 3.15. The number of ether oxygens (including phenoxy) is 1. The molecule has 2 heterocycles. The van der Waals surface area contributed by atoms with Crippen molar-refractivity contribution in [2.45, 2.75) is 31.6 Å². The first-order chi connectivity index (χ1) is 14.0. The van der Waals surface area contributed by atoms with Crippen molar-refractivity contribution in [3.05, 3.63) is 64.4 Å². The number of aldehydes is 1. The smallest absolute Gasteiger partial charge is 0.132 e. The zero-order valence-corrected chi connectivity index (χ0v) is 17.1. The van der Waals surface area contributed by atoms with Gasteiger partial charge >= 0.3 is 0 Å². The van der Waals surface area contributed by atoms with E-state index in [-0.39, 0.29) is 5.41 Å². The second kappa shape index (κ2) is 6.82. The Morgan fingerprint density at radius 1 is 1.21 bits per heavy atom. The molecule has 1 atom stereocenters. The van der Waals surface area contributed by atoms with Crippen LogP contribution in [-0.2, 0) is 14.9 Å². The number of H-pyrrole nitrogens is 1. The Morgan fingerprint density at radius 2 is 2.03 bits per heavy atom. The first-order valence-corrected chi connectivity index (χ1v) is 10.4. The Bertz CT molecular complexity index is 1120. The van der Waals surface area contributed by atoms with E-state index >= 15 is 0 Å². The lowest BCUT2D eigenvalue weighted by Crippen LogP contribution is -2.28. The van der Waals surface area contributed by atoms with Gasteiger partial charge in [-0.05, 0) is 65.7 Å². The Morgan fingerprint density at radius 3 is 2.72 bits per heavy atom. The van der Waals surface area contributed by atoms with Crippen LogP contribution in [0, 0.1) is 5.41 Å². The highest BCUT2D eigenvalue weighted by molar-refractivity contribution is 6.32. The van der Waals surface area contributed by atoms with Crippen LogP contribution in [0.2, 0.25) is 5.02 Å². The largest absolute Gasteiger partial charge is 0.380 e. The number of halogens is 1. The number of nitrogens with one attached hydrogen (secondary N) is 1. The summed E-state index contributed by atoms with van der Waals surface area (Å²) in [6.45, 7) is 3.34. The van der Waals surface area contributed by atoms with Crippen molar-refractivity contribution in [2.24, 2.45) is 5.41 Å². The van der Waals surface area contributed by atoms with E-state index in [4.69, 9.17) is 21.3 Å². The van der Waals surface area contributed by atoms with E-state index in [1.807, 2.05) is 36.4 Å². The molecular formula is C24H23ClN2O2. The molecule has 2 aliphatic rings. The first kappa shape index (κ1) is 18.6. The molecule has 29 heavy (non-hydrogen) atoms. The summed E-state index contributed by atoms with van der Waals surface area (Å²) in [5.74, 6) is 0.808. The molecule has 1 aromatic heterocycles. The van der Waals surface area contributed by atoms with E-state index in [2.05, 4.69) is 24.1 Å². The number of carbonyl (C=O) groups is 1. The van der Waals surface area contributed by atoms with E-state index in [1.165, 1.54) is 5.57 Å². The van der Waals surface area contributed by atoms with Gasteiger partial charge < -0.3 is 14.5 Å². The number of hydrogen-bond acceptors (Lipinski definition) is 3. The highest BCUT2D eigenvalue weighted by Gasteiger charge is 2.42. The molecule has 1 saturated heterocycles. The van der Waals surface area contributed by atoms with Crippen molar-refractivity contribution >= 4 is 40.6 Å². The van der Waals surface area contributed by atoms with Gasteiger partial charge in [0.25, 0.3) is 0 Å². The van der Waals surface area contributed by atoms with Gasteiger partial charge in [-0.1, -0.05) is 42.8 Å². The second-order valence-electron chi connectivity index (χ2n) is 8.53. The average molecular weight is 407 g/mol. The van der Waals surface area contributed by atoms with Crippen molar-refractivity contribution in [1.82, 2.24) is 9.97 Å². The van der Waals surface area contributed by atoms with Crippen molar-refractivity contribution in [3.8, 4) is 0 Å². The number of fused-ring (bicyclic) bond motifs is 1. The highest BCUT2D eigenvalue weighted by Crippen LogP contribution is 2.56. The van der Waals surface area contributed by atoms with E-state index in [0.29, 0.717) is 13.2 Å². The van der Waals surface area contributed by atoms with Gasteiger partial charge in [-0.2, -0.15) is 0 Å². The predicted octanol–water partition coefficient (Wildman–Crippen LogP) is 5.41. The molecule has 148 valence electrons. The number of aromatic amines is 1. The molecular weight excluding hydrogens is 384 g/mol. The quantitative estimate of drug-likeness (QED) is 0.576. The summed E-state index contributed by atoms with van der Waals surface area (Å²) >= 11 is 6.51. The molecule has 3 aromatic rings. The van der Waals surface area contributed by atoms with Crippen LogP contribution >= 0.6 is 11.6 Å². The second-order valence-corrected chi connectivity index (χ2v) is 8.94. The van der Waals surface area contributed by atoms with Crippen LogP contribution in [0.25, 0.3) is 22.7 Å². The molecule has 1 unspecified atom stereocenters. The Labute approximate surface area is 174 Å². The molecule has 4 nitrogen and oxygen atoms in total. The van der Waals surface area contributed by atoms with Crippen LogP contribution in [0.15, 0.2) is 42.5 Å². The Kier molecular flexibility index (Phi) is 4.37. The summed E-state index contributed by atoms with van der Waals surface area (Å²) < 4.78 is 5.50. The molecule has 0 amide bonds. The van der Waals surface area contributed by atoms with Crippen LogP contribution in [-0.4, -0.2) is 29.5 Å². The Hall–Kier alpha value is -2.43. The molecule has 1 aliphatic heterocycles. The van der Waals surface area contributed by atoms with E-state index in [0.717, 1.165) is 58.6 Å². The van der Waals surface area contributed by atoms with Gasteiger partial charge in [0.05, 0.1) is 23.1 Å². The maximum atomic E-state index is 11.8. The standard InChI is InChI=1S/C24H23ClN2O2/c1-23(8-9-23)18(17-4-2-3-5-19(17)25)13-22-26-20-7-6-16(12-21(20)27-22)24(14-28)10-11-29-15-24/h2-7,12-14H,8-11,15H2,1H3,(H,26,27)/b18-13-. The van der Waals surface area contributed by atoms with E-state index < -0.39 is 5.41 Å². The van der Waals surface area contributed by atoms with Crippen LogP contribution in [0.4, 0.5) is 0 Å². The predicted molar refractivity (Wildman–Crippen MR) is 116 cm³/mol. The summed E-state index contributed by atoms with van der Waals surface area (Å²) in [5.41, 5.74) is 4.68. The van der Waals surface area contributed by atoms with Crippen molar-refractivity contribution in [2.75, 3.05) is 13.2 Å². The van der Waals surface area contributed by atoms with Gasteiger partial charge in [0, 0.05) is 11.6 Å². The number of aromatic nitrogens is 2. The molecule has 0 spiro atoms. The third kappa shape index (κ3) is 3.21. The molecule has 0 radical (unpaired) electrons. The lowest BCUT2D eigenvalue weighted by molar-refractivity contribution is -0.112. The fraction of sp³-hybridized carbons (Fsp3) is 0.333. The minimum Gasteiger partial charge on any atom is -0.380 e. The summed E-state index contributed by atoms with van der Waals surface area (Å²) in [7, 11) is 0. The maximum Gasteiger partial charge on any atom is 0.132 e. The number of allylic oxidation sites excluding steroid dienone is 1. The van der Waals surface area contributed by atoms with Gasteiger partial charge in [0.2, 0.25) is 0 Å². The molecule has 5 rings (SSSR count). The normalized spacial score (nSPS) is 23.4. The summed E-state index contributed by atoms with van der Waals surface area (Å²) in [4.78, 5) is 20.0. The molecule has 1 aliphatic carbocycles. The lowest BCUT2D eigenvalue weighted by Gasteiger charge is -2.20. The molecule has 2 fully saturated rings. The van der Waals surface area contributed by atoms with Gasteiger partial charge in [0.15, 0.2) is 0 Å². The van der Waals surface area contributed by atoms with E-state index in [9.17, 15) is 4.79 Å². The van der Waals surface area contributed by atoms with Crippen molar-refractivity contribution < 1.29 is 9.53 Å². The third-order valence-electron chi connectivity index (χ3n) is 6.45. The van der Waals surface area contributed by atoms with Gasteiger partial charge in [-0.3, -0.25) is 0 Å². The molecule has 2 aromatic carbocycles.